The number of rotatable bonds is 1. The highest BCUT2D eigenvalue weighted by molar-refractivity contribution is 7.08. The third-order valence-electron chi connectivity index (χ3n) is 1.49. The Labute approximate surface area is 73.5 Å². The molecule has 0 unspecified atom stereocenters. The summed E-state index contributed by atoms with van der Waals surface area (Å²) in [5.74, 6) is 0. The summed E-state index contributed by atoms with van der Waals surface area (Å²) < 4.78 is 12.5. The van der Waals surface area contributed by atoms with E-state index in [2.05, 4.69) is 11.1 Å². The van der Waals surface area contributed by atoms with Gasteiger partial charge >= 0.3 is 0 Å². The topological polar surface area (TPSA) is 12.9 Å². The van der Waals surface area contributed by atoms with Crippen molar-refractivity contribution < 1.29 is 4.39 Å². The standard InChI is InChI=1S/C9H5FNS/c10-9-11-8(6-12-9)7-4-2-1-3-5-7/h2-6H. The zero-order valence-corrected chi connectivity index (χ0v) is 6.94. The Bertz CT molecular complexity index is 369. The van der Waals surface area contributed by atoms with E-state index in [9.17, 15) is 4.39 Å². The first-order valence-corrected chi connectivity index (χ1v) is 4.32. The summed E-state index contributed by atoms with van der Waals surface area (Å²) in [7, 11) is 0. The molecular weight excluding hydrogens is 173 g/mol. The molecule has 1 aromatic carbocycles. The van der Waals surface area contributed by atoms with Crippen LogP contribution in [0.25, 0.3) is 11.3 Å². The van der Waals surface area contributed by atoms with Gasteiger partial charge in [0.25, 0.3) is 5.26 Å². The molecule has 1 heterocycles. The van der Waals surface area contributed by atoms with Crippen molar-refractivity contribution in [1.29, 1.82) is 0 Å². The molecule has 0 aliphatic rings. The lowest BCUT2D eigenvalue weighted by molar-refractivity contribution is 0.618. The molecule has 0 saturated heterocycles. The first-order chi connectivity index (χ1) is 5.86. The monoisotopic (exact) mass is 178 g/mol. The van der Waals surface area contributed by atoms with Crippen LogP contribution in [-0.4, -0.2) is 4.98 Å². The van der Waals surface area contributed by atoms with Crippen LogP contribution >= 0.6 is 11.3 Å². The molecule has 12 heavy (non-hydrogen) atoms. The van der Waals surface area contributed by atoms with Crippen LogP contribution in [0.3, 0.4) is 0 Å². The number of aromatic nitrogens is 1. The molecule has 2 aromatic rings. The van der Waals surface area contributed by atoms with E-state index >= 15 is 0 Å². The van der Waals surface area contributed by atoms with Gasteiger partial charge in [-0.2, -0.15) is 4.39 Å². The highest BCUT2D eigenvalue weighted by atomic mass is 32.1. The molecule has 1 nitrogen and oxygen atoms in total. The van der Waals surface area contributed by atoms with Crippen molar-refractivity contribution in [1.82, 2.24) is 4.98 Å². The fraction of sp³-hybridized carbons (Fsp3) is 0. The fourth-order valence-electron chi connectivity index (χ4n) is 0.942. The molecule has 1 aromatic heterocycles. The molecule has 59 valence electrons. The Morgan fingerprint density at radius 2 is 2.08 bits per heavy atom. The highest BCUT2D eigenvalue weighted by Crippen LogP contribution is 2.19. The van der Waals surface area contributed by atoms with Gasteiger partial charge in [-0.05, 0) is 6.07 Å². The first-order valence-electron chi connectivity index (χ1n) is 3.44. The highest BCUT2D eigenvalue weighted by Gasteiger charge is 2.01. The molecule has 3 heteroatoms. The van der Waals surface area contributed by atoms with Gasteiger partial charge in [0.15, 0.2) is 0 Å². The average molecular weight is 178 g/mol. The molecule has 0 N–H and O–H groups in total. The second-order valence-corrected chi connectivity index (χ2v) is 3.08. The number of thiazole rings is 1. The number of halogens is 1. The molecular formula is C9H5FNS. The third-order valence-corrected chi connectivity index (χ3v) is 2.12. The Morgan fingerprint density at radius 1 is 1.33 bits per heavy atom. The van der Waals surface area contributed by atoms with Crippen molar-refractivity contribution >= 4 is 11.3 Å². The van der Waals surface area contributed by atoms with Gasteiger partial charge in [0.1, 0.15) is 0 Å². The lowest BCUT2D eigenvalue weighted by atomic mass is 10.2. The van der Waals surface area contributed by atoms with Gasteiger partial charge in [0.05, 0.1) is 5.69 Å². The van der Waals surface area contributed by atoms with Crippen LogP contribution in [0.15, 0.2) is 29.6 Å². The molecule has 0 bridgehead atoms. The maximum Gasteiger partial charge on any atom is 0.269 e. The SMILES string of the molecule is Fc1nc(-c2cc[c]cc2)cs1. The third kappa shape index (κ3) is 1.36. The van der Waals surface area contributed by atoms with E-state index in [0.29, 0.717) is 5.69 Å². The zero-order valence-electron chi connectivity index (χ0n) is 6.12. The minimum Gasteiger partial charge on any atom is -0.209 e. The van der Waals surface area contributed by atoms with Crippen LogP contribution in [-0.2, 0) is 0 Å². The van der Waals surface area contributed by atoms with Gasteiger partial charge in [-0.3, -0.25) is 0 Å². The Morgan fingerprint density at radius 3 is 2.67 bits per heavy atom. The number of hydrogen-bond donors (Lipinski definition) is 0. The second kappa shape index (κ2) is 3.03. The Kier molecular flexibility index (Phi) is 1.87. The van der Waals surface area contributed by atoms with Crippen molar-refractivity contribution in [3.63, 3.8) is 0 Å². The van der Waals surface area contributed by atoms with E-state index in [4.69, 9.17) is 0 Å². The van der Waals surface area contributed by atoms with E-state index in [-0.39, 0.29) is 0 Å². The largest absolute Gasteiger partial charge is 0.269 e. The van der Waals surface area contributed by atoms with Crippen LogP contribution in [0.2, 0.25) is 0 Å². The smallest absolute Gasteiger partial charge is 0.209 e. The summed E-state index contributed by atoms with van der Waals surface area (Å²) in [6, 6.07) is 10.2. The molecule has 0 fully saturated rings. The van der Waals surface area contributed by atoms with Gasteiger partial charge in [-0.1, -0.05) is 35.6 Å². The van der Waals surface area contributed by atoms with Crippen LogP contribution in [0.1, 0.15) is 0 Å². The van der Waals surface area contributed by atoms with E-state index in [1.165, 1.54) is 0 Å². The average Bonchev–Trinajstić information content (AvgIpc) is 2.54. The molecule has 0 saturated carbocycles. The van der Waals surface area contributed by atoms with Gasteiger partial charge in [0, 0.05) is 10.9 Å². The maximum atomic E-state index is 12.5. The van der Waals surface area contributed by atoms with Crippen LogP contribution in [0.5, 0.6) is 0 Å². The molecule has 1 radical (unpaired) electrons. The van der Waals surface area contributed by atoms with Crippen molar-refractivity contribution in [2.75, 3.05) is 0 Å². The molecule has 0 aliphatic heterocycles. The van der Waals surface area contributed by atoms with E-state index in [1.807, 2.05) is 12.1 Å². The van der Waals surface area contributed by atoms with Crippen LogP contribution < -0.4 is 0 Å². The zero-order chi connectivity index (χ0) is 8.39. The summed E-state index contributed by atoms with van der Waals surface area (Å²) in [5, 5.41) is 1.31. The van der Waals surface area contributed by atoms with Gasteiger partial charge in [-0.25, -0.2) is 4.98 Å². The minimum atomic E-state index is -0.391. The summed E-state index contributed by atoms with van der Waals surface area (Å²) >= 11 is 1.01. The summed E-state index contributed by atoms with van der Waals surface area (Å²) in [4.78, 5) is 3.72. The van der Waals surface area contributed by atoms with E-state index in [1.54, 1.807) is 17.5 Å². The molecule has 0 atom stereocenters. The number of benzene rings is 1. The second-order valence-electron chi connectivity index (χ2n) is 2.27. The lowest BCUT2D eigenvalue weighted by Crippen LogP contribution is -1.76. The van der Waals surface area contributed by atoms with Crippen LogP contribution in [0, 0.1) is 11.3 Å². The Balaban J connectivity index is 2.45. The number of nitrogens with zero attached hydrogens (tertiary/aromatic N) is 1. The summed E-state index contributed by atoms with van der Waals surface area (Å²) in [5.41, 5.74) is 1.61. The molecule has 0 aliphatic carbocycles. The molecule has 2 rings (SSSR count). The number of hydrogen-bond acceptors (Lipinski definition) is 2. The van der Waals surface area contributed by atoms with Crippen molar-refractivity contribution in [2.45, 2.75) is 0 Å². The van der Waals surface area contributed by atoms with Gasteiger partial charge < -0.3 is 0 Å². The van der Waals surface area contributed by atoms with Crippen molar-refractivity contribution in [2.24, 2.45) is 0 Å². The fourth-order valence-corrected chi connectivity index (χ4v) is 1.49. The predicted molar refractivity (Wildman–Crippen MR) is 46.3 cm³/mol. The van der Waals surface area contributed by atoms with Gasteiger partial charge in [-0.15, -0.1) is 0 Å². The Hall–Kier alpha value is -1.22. The van der Waals surface area contributed by atoms with Gasteiger partial charge in [0.2, 0.25) is 0 Å². The van der Waals surface area contributed by atoms with Crippen molar-refractivity contribution in [3.8, 4) is 11.3 Å². The van der Waals surface area contributed by atoms with E-state index < -0.39 is 5.26 Å². The minimum absolute atomic E-state index is 0.391. The first kappa shape index (κ1) is 7.43. The quantitative estimate of drug-likeness (QED) is 0.654. The molecule has 0 spiro atoms. The maximum absolute atomic E-state index is 12.5. The lowest BCUT2D eigenvalue weighted by Gasteiger charge is -1.91. The summed E-state index contributed by atoms with van der Waals surface area (Å²) in [6.07, 6.45) is 0. The van der Waals surface area contributed by atoms with Crippen molar-refractivity contribution in [3.05, 3.63) is 41.0 Å². The van der Waals surface area contributed by atoms with E-state index in [0.717, 1.165) is 16.9 Å². The molecule has 0 amide bonds. The predicted octanol–water partition coefficient (Wildman–Crippen LogP) is 2.75. The normalized spacial score (nSPS) is 10.1. The summed E-state index contributed by atoms with van der Waals surface area (Å²) in [6.45, 7) is 0. The van der Waals surface area contributed by atoms with Crippen LogP contribution in [0.4, 0.5) is 4.39 Å².